The SMILES string of the molecule is CCc1cc(CNC(=NC)N2CCC(COCc3ccccc3)C2)on1.I. The van der Waals surface area contributed by atoms with E-state index in [1.54, 1.807) is 0 Å². The molecule has 1 unspecified atom stereocenters. The molecule has 0 amide bonds. The van der Waals surface area contributed by atoms with E-state index < -0.39 is 0 Å². The summed E-state index contributed by atoms with van der Waals surface area (Å²) < 4.78 is 11.2. The van der Waals surface area contributed by atoms with Gasteiger partial charge in [-0.1, -0.05) is 42.4 Å². The molecule has 1 fully saturated rings. The second-order valence-electron chi connectivity index (χ2n) is 6.64. The normalized spacial score (nSPS) is 17.0. The summed E-state index contributed by atoms with van der Waals surface area (Å²) in [7, 11) is 1.82. The van der Waals surface area contributed by atoms with E-state index in [1.165, 1.54) is 5.56 Å². The van der Waals surface area contributed by atoms with Crippen molar-refractivity contribution >= 4 is 29.9 Å². The van der Waals surface area contributed by atoms with E-state index >= 15 is 0 Å². The fourth-order valence-corrected chi connectivity index (χ4v) is 3.18. The van der Waals surface area contributed by atoms with Crippen molar-refractivity contribution < 1.29 is 9.26 Å². The van der Waals surface area contributed by atoms with Crippen molar-refractivity contribution in [1.29, 1.82) is 0 Å². The Labute approximate surface area is 178 Å². The summed E-state index contributed by atoms with van der Waals surface area (Å²) in [6.45, 7) is 6.09. The number of guanidine groups is 1. The van der Waals surface area contributed by atoms with Gasteiger partial charge in [0.25, 0.3) is 0 Å². The van der Waals surface area contributed by atoms with Gasteiger partial charge in [-0.25, -0.2) is 0 Å². The smallest absolute Gasteiger partial charge is 0.194 e. The minimum Gasteiger partial charge on any atom is -0.376 e. The number of hydrogen-bond acceptors (Lipinski definition) is 4. The van der Waals surface area contributed by atoms with Gasteiger partial charge in [0.15, 0.2) is 11.7 Å². The average molecular weight is 484 g/mol. The first-order valence-electron chi connectivity index (χ1n) is 9.30. The Balaban J connectivity index is 0.00000261. The summed E-state index contributed by atoms with van der Waals surface area (Å²) in [6, 6.07) is 12.3. The molecule has 7 heteroatoms. The minimum absolute atomic E-state index is 0. The number of hydrogen-bond donors (Lipinski definition) is 1. The third-order valence-electron chi connectivity index (χ3n) is 4.65. The van der Waals surface area contributed by atoms with Crippen LogP contribution in [0.5, 0.6) is 0 Å². The van der Waals surface area contributed by atoms with Crippen LogP contribution in [0.25, 0.3) is 0 Å². The Kier molecular flexibility index (Phi) is 9.06. The van der Waals surface area contributed by atoms with E-state index in [2.05, 4.69) is 39.4 Å². The number of benzene rings is 1. The molecule has 2 aromatic rings. The van der Waals surface area contributed by atoms with E-state index in [9.17, 15) is 0 Å². The van der Waals surface area contributed by atoms with Crippen molar-refractivity contribution in [2.24, 2.45) is 10.9 Å². The highest BCUT2D eigenvalue weighted by Crippen LogP contribution is 2.17. The summed E-state index contributed by atoms with van der Waals surface area (Å²) >= 11 is 0. The summed E-state index contributed by atoms with van der Waals surface area (Å²) in [6.07, 6.45) is 2.01. The van der Waals surface area contributed by atoms with Crippen molar-refractivity contribution in [3.8, 4) is 0 Å². The van der Waals surface area contributed by atoms with E-state index in [4.69, 9.17) is 9.26 Å². The average Bonchev–Trinajstić information content (AvgIpc) is 3.33. The van der Waals surface area contributed by atoms with Crippen LogP contribution >= 0.6 is 24.0 Å². The van der Waals surface area contributed by atoms with E-state index in [1.807, 2.05) is 31.3 Å². The predicted molar refractivity (Wildman–Crippen MR) is 117 cm³/mol. The molecule has 148 valence electrons. The second kappa shape index (κ2) is 11.3. The number of aliphatic imine (C=N–C) groups is 1. The summed E-state index contributed by atoms with van der Waals surface area (Å²) in [5.41, 5.74) is 2.20. The highest BCUT2D eigenvalue weighted by Gasteiger charge is 2.25. The van der Waals surface area contributed by atoms with Crippen LogP contribution in [0.2, 0.25) is 0 Å². The standard InChI is InChI=1S/C20H28N4O2.HI/c1-3-18-11-19(26-23-18)12-22-20(21-2)24-10-9-17(13-24)15-25-14-16-7-5-4-6-8-16;/h4-8,11,17H,3,9-10,12-15H2,1-2H3,(H,21,22);1H. The number of halogens is 1. The first-order chi connectivity index (χ1) is 12.8. The highest BCUT2D eigenvalue weighted by atomic mass is 127. The molecule has 1 aromatic heterocycles. The quantitative estimate of drug-likeness (QED) is 0.371. The summed E-state index contributed by atoms with van der Waals surface area (Å²) in [5.74, 6) is 2.28. The van der Waals surface area contributed by atoms with Gasteiger partial charge >= 0.3 is 0 Å². The van der Waals surface area contributed by atoms with Crippen molar-refractivity contribution in [2.45, 2.75) is 32.9 Å². The molecule has 0 bridgehead atoms. The summed E-state index contributed by atoms with van der Waals surface area (Å²) in [5, 5.41) is 7.39. The molecule has 0 aliphatic carbocycles. The number of nitrogens with zero attached hydrogens (tertiary/aromatic N) is 3. The van der Waals surface area contributed by atoms with Crippen LogP contribution in [-0.2, 0) is 24.3 Å². The van der Waals surface area contributed by atoms with Crippen LogP contribution < -0.4 is 5.32 Å². The van der Waals surface area contributed by atoms with Crippen LogP contribution in [-0.4, -0.2) is 42.8 Å². The lowest BCUT2D eigenvalue weighted by atomic mass is 10.1. The Bertz CT molecular complexity index is 705. The molecular formula is C20H29IN4O2. The molecule has 0 spiro atoms. The number of aryl methyl sites for hydroxylation is 1. The Morgan fingerprint density at radius 2 is 2.19 bits per heavy atom. The van der Waals surface area contributed by atoms with Crippen LogP contribution in [0.4, 0.5) is 0 Å². The molecular weight excluding hydrogens is 455 g/mol. The van der Waals surface area contributed by atoms with Crippen LogP contribution in [0.1, 0.15) is 30.4 Å². The molecule has 1 saturated heterocycles. The third-order valence-corrected chi connectivity index (χ3v) is 4.65. The molecule has 2 heterocycles. The van der Waals surface area contributed by atoms with E-state index in [-0.39, 0.29) is 24.0 Å². The Hall–Kier alpha value is -1.61. The van der Waals surface area contributed by atoms with Gasteiger partial charge in [-0.15, -0.1) is 24.0 Å². The number of likely N-dealkylation sites (tertiary alicyclic amines) is 1. The zero-order chi connectivity index (χ0) is 18.2. The van der Waals surface area contributed by atoms with Crippen LogP contribution in [0.3, 0.4) is 0 Å². The molecule has 1 N–H and O–H groups in total. The van der Waals surface area contributed by atoms with Gasteiger partial charge in [0.1, 0.15) is 0 Å². The fourth-order valence-electron chi connectivity index (χ4n) is 3.18. The zero-order valence-electron chi connectivity index (χ0n) is 16.1. The maximum atomic E-state index is 5.90. The molecule has 3 rings (SSSR count). The lowest BCUT2D eigenvalue weighted by molar-refractivity contribution is 0.0906. The zero-order valence-corrected chi connectivity index (χ0v) is 18.4. The second-order valence-corrected chi connectivity index (χ2v) is 6.64. The Morgan fingerprint density at radius 3 is 2.89 bits per heavy atom. The molecule has 1 aliphatic heterocycles. The lowest BCUT2D eigenvalue weighted by Crippen LogP contribution is -2.39. The van der Waals surface area contributed by atoms with Gasteiger partial charge in [-0.3, -0.25) is 4.99 Å². The summed E-state index contributed by atoms with van der Waals surface area (Å²) in [4.78, 5) is 6.69. The molecule has 0 radical (unpaired) electrons. The van der Waals surface area contributed by atoms with Gasteiger partial charge < -0.3 is 19.5 Å². The molecule has 0 saturated carbocycles. The highest BCUT2D eigenvalue weighted by molar-refractivity contribution is 14.0. The maximum absolute atomic E-state index is 5.90. The molecule has 1 atom stereocenters. The molecule has 27 heavy (non-hydrogen) atoms. The van der Waals surface area contributed by atoms with Gasteiger partial charge in [0.2, 0.25) is 0 Å². The minimum atomic E-state index is 0. The van der Waals surface area contributed by atoms with Gasteiger partial charge in [0.05, 0.1) is 25.5 Å². The number of ether oxygens (including phenoxy) is 1. The van der Waals surface area contributed by atoms with Gasteiger partial charge in [0, 0.05) is 32.1 Å². The predicted octanol–water partition coefficient (Wildman–Crippen LogP) is 3.47. The first-order valence-corrected chi connectivity index (χ1v) is 9.30. The lowest BCUT2D eigenvalue weighted by Gasteiger charge is -2.21. The molecule has 6 nitrogen and oxygen atoms in total. The molecule has 1 aromatic carbocycles. The van der Waals surface area contributed by atoms with Crippen LogP contribution in [0.15, 0.2) is 45.9 Å². The largest absolute Gasteiger partial charge is 0.376 e. The van der Waals surface area contributed by atoms with Gasteiger partial charge in [-0.05, 0) is 18.4 Å². The van der Waals surface area contributed by atoms with E-state index in [0.29, 0.717) is 19.1 Å². The molecule has 1 aliphatic rings. The van der Waals surface area contributed by atoms with E-state index in [0.717, 1.165) is 50.0 Å². The third kappa shape index (κ3) is 6.49. The van der Waals surface area contributed by atoms with Crippen molar-refractivity contribution in [3.05, 3.63) is 53.4 Å². The van der Waals surface area contributed by atoms with Crippen molar-refractivity contribution in [3.63, 3.8) is 0 Å². The number of rotatable bonds is 7. The van der Waals surface area contributed by atoms with Crippen molar-refractivity contribution in [1.82, 2.24) is 15.4 Å². The van der Waals surface area contributed by atoms with Crippen molar-refractivity contribution in [2.75, 3.05) is 26.7 Å². The topological polar surface area (TPSA) is 62.9 Å². The first kappa shape index (κ1) is 21.7. The monoisotopic (exact) mass is 484 g/mol. The van der Waals surface area contributed by atoms with Crippen LogP contribution in [0, 0.1) is 5.92 Å². The Morgan fingerprint density at radius 1 is 1.37 bits per heavy atom. The number of aromatic nitrogens is 1. The fraction of sp³-hybridized carbons (Fsp3) is 0.500. The van der Waals surface area contributed by atoms with Gasteiger partial charge in [-0.2, -0.15) is 0 Å². The number of nitrogens with one attached hydrogen (secondary N) is 1. The maximum Gasteiger partial charge on any atom is 0.194 e.